The van der Waals surface area contributed by atoms with E-state index in [1.54, 1.807) is 7.05 Å². The zero-order valence-corrected chi connectivity index (χ0v) is 15.7. The molecule has 27 heavy (non-hydrogen) atoms. The van der Waals surface area contributed by atoms with Crippen molar-refractivity contribution >= 4 is 27.7 Å². The minimum atomic E-state index is -3.51. The highest BCUT2D eigenvalue weighted by atomic mass is 32.2. The fraction of sp³-hybridized carbons (Fsp3) is 0.316. The van der Waals surface area contributed by atoms with E-state index in [4.69, 9.17) is 5.11 Å². The number of nitrogens with zero attached hydrogens (tertiary/aromatic N) is 2. The van der Waals surface area contributed by atoms with E-state index in [9.17, 15) is 13.2 Å². The molecule has 2 aliphatic rings. The van der Waals surface area contributed by atoms with Crippen LogP contribution in [0.25, 0.3) is 11.1 Å². The summed E-state index contributed by atoms with van der Waals surface area (Å²) >= 11 is 0. The molecule has 1 saturated carbocycles. The van der Waals surface area contributed by atoms with Gasteiger partial charge in [-0.15, -0.1) is 0 Å². The first-order valence-corrected chi connectivity index (χ1v) is 10.2. The molecular weight excluding hydrogens is 366 g/mol. The second kappa shape index (κ2) is 6.45. The molecule has 0 atom stereocenters. The lowest BCUT2D eigenvalue weighted by molar-refractivity contribution is 0.194. The topological polar surface area (TPSA) is 90.0 Å². The molecular formula is C19H21N3O4S. The van der Waals surface area contributed by atoms with Crippen molar-refractivity contribution in [2.75, 3.05) is 22.2 Å². The number of hydrogen-bond donors (Lipinski definition) is 2. The molecule has 1 amide bonds. The summed E-state index contributed by atoms with van der Waals surface area (Å²) in [4.78, 5) is 10.7. The third-order valence-corrected chi connectivity index (χ3v) is 6.82. The molecule has 2 N–H and O–H groups in total. The van der Waals surface area contributed by atoms with E-state index >= 15 is 0 Å². The first-order chi connectivity index (χ1) is 12.9. The summed E-state index contributed by atoms with van der Waals surface area (Å²) in [5, 5.41) is 11.1. The van der Waals surface area contributed by atoms with Gasteiger partial charge in [-0.2, -0.15) is 8.42 Å². The number of fused-ring (bicyclic) bond motifs is 1. The van der Waals surface area contributed by atoms with Crippen LogP contribution < -0.4 is 13.9 Å². The average Bonchev–Trinajstić information content (AvgIpc) is 3.45. The van der Waals surface area contributed by atoms with E-state index in [-0.39, 0.29) is 6.54 Å². The normalized spacial score (nSPS) is 17.7. The zero-order chi connectivity index (χ0) is 19.2. The summed E-state index contributed by atoms with van der Waals surface area (Å²) in [6.07, 6.45) is 1.10. The largest absolute Gasteiger partial charge is 0.465 e. The Kier molecular flexibility index (Phi) is 4.22. The van der Waals surface area contributed by atoms with E-state index in [2.05, 4.69) is 5.32 Å². The average molecular weight is 387 g/mol. The predicted molar refractivity (Wildman–Crippen MR) is 104 cm³/mol. The number of hydrogen-bond acceptors (Lipinski definition) is 3. The van der Waals surface area contributed by atoms with Crippen molar-refractivity contribution in [1.82, 2.24) is 5.32 Å². The van der Waals surface area contributed by atoms with E-state index in [1.807, 2.05) is 42.5 Å². The lowest BCUT2D eigenvalue weighted by Crippen LogP contribution is -2.36. The molecule has 1 fully saturated rings. The van der Waals surface area contributed by atoms with Crippen LogP contribution in [0, 0.1) is 5.92 Å². The maximum Gasteiger partial charge on any atom is 0.404 e. The van der Waals surface area contributed by atoms with E-state index in [0.717, 1.165) is 35.2 Å². The van der Waals surface area contributed by atoms with Gasteiger partial charge in [0.2, 0.25) is 0 Å². The number of carboxylic acid groups (broad SMARTS) is 1. The fourth-order valence-corrected chi connectivity index (χ4v) is 4.82. The second-order valence-electron chi connectivity index (χ2n) is 7.01. The summed E-state index contributed by atoms with van der Waals surface area (Å²) in [7, 11) is -1.93. The second-order valence-corrected chi connectivity index (χ2v) is 8.90. The van der Waals surface area contributed by atoms with Gasteiger partial charge in [-0.05, 0) is 53.6 Å². The Morgan fingerprint density at radius 3 is 2.59 bits per heavy atom. The molecule has 2 aromatic rings. The van der Waals surface area contributed by atoms with E-state index < -0.39 is 16.3 Å². The Hall–Kier alpha value is -2.74. The number of carbonyl (C=O) groups is 1. The minimum Gasteiger partial charge on any atom is -0.465 e. The summed E-state index contributed by atoms with van der Waals surface area (Å²) in [6.45, 7) is 0.757. The first kappa shape index (κ1) is 17.7. The van der Waals surface area contributed by atoms with E-state index in [1.165, 1.54) is 8.61 Å². The van der Waals surface area contributed by atoms with Crippen molar-refractivity contribution in [1.29, 1.82) is 0 Å². The Morgan fingerprint density at radius 1 is 1.15 bits per heavy atom. The van der Waals surface area contributed by atoms with Gasteiger partial charge in [0.25, 0.3) is 0 Å². The number of amides is 1. The Balaban J connectivity index is 1.67. The summed E-state index contributed by atoms with van der Waals surface area (Å²) < 4.78 is 28.4. The van der Waals surface area contributed by atoms with Crippen LogP contribution in [0.2, 0.25) is 0 Å². The number of anilines is 2. The van der Waals surface area contributed by atoms with Crippen molar-refractivity contribution in [3.8, 4) is 11.1 Å². The summed E-state index contributed by atoms with van der Waals surface area (Å²) in [5.74, 6) is 0.456. The molecule has 1 aliphatic carbocycles. The monoisotopic (exact) mass is 387 g/mol. The molecule has 0 aromatic heterocycles. The van der Waals surface area contributed by atoms with Gasteiger partial charge < -0.3 is 10.4 Å². The quantitative estimate of drug-likeness (QED) is 0.825. The highest BCUT2D eigenvalue weighted by molar-refractivity contribution is 7.94. The van der Waals surface area contributed by atoms with Crippen molar-refractivity contribution in [3.05, 3.63) is 48.0 Å². The maximum atomic E-state index is 12.8. The van der Waals surface area contributed by atoms with Gasteiger partial charge in [-0.3, -0.25) is 8.61 Å². The third-order valence-electron chi connectivity index (χ3n) is 5.03. The number of nitrogens with one attached hydrogen (secondary N) is 1. The van der Waals surface area contributed by atoms with Gasteiger partial charge in [0.05, 0.1) is 11.4 Å². The van der Waals surface area contributed by atoms with Crippen LogP contribution in [0.5, 0.6) is 0 Å². The molecule has 1 heterocycles. The molecule has 1 aliphatic heterocycles. The number of benzene rings is 2. The Labute approximate surface area is 158 Å². The zero-order valence-electron chi connectivity index (χ0n) is 14.9. The molecule has 142 valence electrons. The standard InChI is InChI=1S/C19H21N3O4S/c1-21-18-10-16(15-4-2-3-14(9-15)11-20-19(23)24)7-8-17(18)22(27(21,25)26)12-13-5-6-13/h2-4,7-10,13,20H,5-6,11-12H2,1H3,(H,23,24). The lowest BCUT2D eigenvalue weighted by atomic mass is 10.0. The van der Waals surface area contributed by atoms with Crippen molar-refractivity contribution in [3.63, 3.8) is 0 Å². The Bertz CT molecular complexity index is 1000. The molecule has 0 radical (unpaired) electrons. The SMILES string of the molecule is CN1c2cc(-c3cccc(CNC(=O)O)c3)ccc2N(CC2CC2)S1(=O)=O. The van der Waals surface area contributed by atoms with Crippen LogP contribution in [-0.2, 0) is 16.8 Å². The highest BCUT2D eigenvalue weighted by Crippen LogP contribution is 2.44. The van der Waals surface area contributed by atoms with Crippen LogP contribution in [0.15, 0.2) is 42.5 Å². The van der Waals surface area contributed by atoms with Gasteiger partial charge in [0.15, 0.2) is 0 Å². The van der Waals surface area contributed by atoms with Crippen LogP contribution >= 0.6 is 0 Å². The van der Waals surface area contributed by atoms with Crippen molar-refractivity contribution in [2.45, 2.75) is 19.4 Å². The van der Waals surface area contributed by atoms with Gasteiger partial charge in [0.1, 0.15) is 0 Å². The van der Waals surface area contributed by atoms with Crippen LogP contribution in [0.3, 0.4) is 0 Å². The van der Waals surface area contributed by atoms with Crippen LogP contribution in [0.1, 0.15) is 18.4 Å². The molecule has 8 heteroatoms. The molecule has 4 rings (SSSR count). The van der Waals surface area contributed by atoms with Gasteiger partial charge >= 0.3 is 16.3 Å². The van der Waals surface area contributed by atoms with Crippen LogP contribution in [-0.4, -0.2) is 33.2 Å². The molecule has 0 saturated heterocycles. The maximum absolute atomic E-state index is 12.8. The van der Waals surface area contributed by atoms with Crippen molar-refractivity contribution in [2.24, 2.45) is 5.92 Å². The summed E-state index contributed by atoms with van der Waals surface area (Å²) in [5.41, 5.74) is 4.03. The van der Waals surface area contributed by atoms with Gasteiger partial charge in [0, 0.05) is 20.1 Å². The van der Waals surface area contributed by atoms with Crippen LogP contribution in [0.4, 0.5) is 16.2 Å². The molecule has 0 unspecified atom stereocenters. The third kappa shape index (κ3) is 3.32. The van der Waals surface area contributed by atoms with E-state index in [0.29, 0.717) is 18.2 Å². The molecule has 7 nitrogen and oxygen atoms in total. The number of rotatable bonds is 5. The first-order valence-electron chi connectivity index (χ1n) is 8.83. The fourth-order valence-electron chi connectivity index (χ4n) is 3.33. The minimum absolute atomic E-state index is 0.220. The van der Waals surface area contributed by atoms with Crippen molar-refractivity contribution < 1.29 is 18.3 Å². The Morgan fingerprint density at radius 2 is 1.89 bits per heavy atom. The molecule has 0 spiro atoms. The molecule has 2 aromatic carbocycles. The highest BCUT2D eigenvalue weighted by Gasteiger charge is 2.40. The van der Waals surface area contributed by atoms with Gasteiger partial charge in [-0.1, -0.05) is 24.3 Å². The molecule has 0 bridgehead atoms. The smallest absolute Gasteiger partial charge is 0.404 e. The van der Waals surface area contributed by atoms with Gasteiger partial charge in [-0.25, -0.2) is 4.79 Å². The lowest BCUT2D eigenvalue weighted by Gasteiger charge is -2.18. The summed E-state index contributed by atoms with van der Waals surface area (Å²) in [6, 6.07) is 13.2. The predicted octanol–water partition coefficient (Wildman–Crippen LogP) is 3.03.